The van der Waals surface area contributed by atoms with Gasteiger partial charge in [-0.25, -0.2) is 0 Å². The van der Waals surface area contributed by atoms with E-state index >= 15 is 0 Å². The van der Waals surface area contributed by atoms with Crippen molar-refractivity contribution in [1.29, 1.82) is 0 Å². The van der Waals surface area contributed by atoms with Crippen molar-refractivity contribution in [3.05, 3.63) is 59.7 Å². The van der Waals surface area contributed by atoms with Gasteiger partial charge in [-0.3, -0.25) is 0 Å². The average Bonchev–Trinajstić information content (AvgIpc) is 2.54. The van der Waals surface area contributed by atoms with Gasteiger partial charge in [-0.15, -0.1) is 11.6 Å². The molecule has 2 rings (SSSR count). The molecular weight excluding hydrogens is 320 g/mol. The number of aromatic hydroxyl groups is 2. The Morgan fingerprint density at radius 2 is 1.54 bits per heavy atom. The van der Waals surface area contributed by atoms with Crippen LogP contribution >= 0.6 is 11.6 Å². The van der Waals surface area contributed by atoms with Crippen LogP contribution in [0.5, 0.6) is 11.5 Å². The van der Waals surface area contributed by atoms with E-state index in [1.165, 1.54) is 11.6 Å². The molecule has 0 aliphatic carbocycles. The highest BCUT2D eigenvalue weighted by Crippen LogP contribution is 2.43. The van der Waals surface area contributed by atoms with Crippen molar-refractivity contribution in [3.8, 4) is 11.5 Å². The smallest absolute Gasteiger partial charge is 0.119 e. The molecule has 0 aromatic heterocycles. The molecule has 1 atom stereocenters. The maximum Gasteiger partial charge on any atom is 0.119 e. The van der Waals surface area contributed by atoms with Gasteiger partial charge in [0.15, 0.2) is 0 Å². The van der Waals surface area contributed by atoms with Gasteiger partial charge in [-0.2, -0.15) is 0 Å². The highest BCUT2D eigenvalue weighted by molar-refractivity contribution is 6.17. The number of hydrogen-bond acceptors (Lipinski definition) is 2. The quantitative estimate of drug-likeness (QED) is 0.457. The second-order valence-electron chi connectivity index (χ2n) is 6.96. The lowest BCUT2D eigenvalue weighted by atomic mass is 9.68. The zero-order chi connectivity index (χ0) is 17.6. The number of unbranched alkanes of at least 4 members (excludes halogenated alkanes) is 2. The van der Waals surface area contributed by atoms with Crippen LogP contribution in [0.4, 0.5) is 0 Å². The molecule has 3 heteroatoms. The van der Waals surface area contributed by atoms with E-state index in [9.17, 15) is 10.2 Å². The Bertz CT molecular complexity index is 617. The number of phenols is 2. The predicted molar refractivity (Wildman–Crippen MR) is 101 cm³/mol. The van der Waals surface area contributed by atoms with E-state index in [0.29, 0.717) is 11.8 Å². The van der Waals surface area contributed by atoms with E-state index in [-0.39, 0.29) is 16.9 Å². The largest absolute Gasteiger partial charge is 0.508 e. The van der Waals surface area contributed by atoms with Gasteiger partial charge in [-0.1, -0.05) is 57.0 Å². The molecule has 0 aliphatic rings. The summed E-state index contributed by atoms with van der Waals surface area (Å²) >= 11 is 5.80. The van der Waals surface area contributed by atoms with Gasteiger partial charge >= 0.3 is 0 Å². The van der Waals surface area contributed by atoms with Crippen LogP contribution in [0.2, 0.25) is 0 Å². The molecule has 2 N–H and O–H groups in total. The van der Waals surface area contributed by atoms with Crippen molar-refractivity contribution in [2.45, 2.75) is 50.9 Å². The van der Waals surface area contributed by atoms with Crippen molar-refractivity contribution >= 4 is 11.6 Å². The van der Waals surface area contributed by atoms with E-state index in [1.54, 1.807) is 12.1 Å². The molecule has 0 amide bonds. The van der Waals surface area contributed by atoms with Crippen molar-refractivity contribution in [3.63, 3.8) is 0 Å². The monoisotopic (exact) mass is 346 g/mol. The zero-order valence-corrected chi connectivity index (χ0v) is 15.3. The number of rotatable bonds is 8. The fourth-order valence-electron chi connectivity index (χ4n) is 3.42. The minimum Gasteiger partial charge on any atom is -0.508 e. The topological polar surface area (TPSA) is 40.5 Å². The first-order chi connectivity index (χ1) is 11.4. The Morgan fingerprint density at radius 3 is 2.12 bits per heavy atom. The molecule has 0 spiro atoms. The normalized spacial score (nSPS) is 13.0. The van der Waals surface area contributed by atoms with E-state index in [1.807, 2.05) is 6.07 Å². The Morgan fingerprint density at radius 1 is 0.917 bits per heavy atom. The molecule has 2 nitrogen and oxygen atoms in total. The van der Waals surface area contributed by atoms with Crippen LogP contribution in [0.25, 0.3) is 0 Å². The van der Waals surface area contributed by atoms with Crippen LogP contribution < -0.4 is 0 Å². The van der Waals surface area contributed by atoms with Gasteiger partial charge in [0, 0.05) is 11.9 Å². The third-order valence-corrected chi connectivity index (χ3v) is 5.11. The summed E-state index contributed by atoms with van der Waals surface area (Å²) in [5, 5.41) is 19.8. The first kappa shape index (κ1) is 18.7. The molecule has 2 aromatic rings. The number of halogens is 1. The lowest BCUT2D eigenvalue weighted by Gasteiger charge is -2.36. The van der Waals surface area contributed by atoms with Crippen LogP contribution in [0, 0.1) is 0 Å². The number of hydrogen-bond donors (Lipinski definition) is 2. The van der Waals surface area contributed by atoms with Crippen LogP contribution in [-0.2, 0) is 5.41 Å². The molecule has 24 heavy (non-hydrogen) atoms. The van der Waals surface area contributed by atoms with Gasteiger partial charge in [0.2, 0.25) is 0 Å². The molecule has 130 valence electrons. The Balaban J connectivity index is 2.33. The van der Waals surface area contributed by atoms with E-state index < -0.39 is 0 Å². The summed E-state index contributed by atoms with van der Waals surface area (Å²) in [6.45, 7) is 4.36. The summed E-state index contributed by atoms with van der Waals surface area (Å²) < 4.78 is 0. The molecular formula is C21H27ClO2. The average molecular weight is 347 g/mol. The molecule has 0 aliphatic heterocycles. The first-order valence-corrected chi connectivity index (χ1v) is 9.13. The lowest BCUT2D eigenvalue weighted by Crippen LogP contribution is -2.27. The highest BCUT2D eigenvalue weighted by atomic mass is 35.5. The molecule has 0 fully saturated rings. The molecule has 0 saturated heterocycles. The van der Waals surface area contributed by atoms with Crippen molar-refractivity contribution in [2.24, 2.45) is 0 Å². The molecule has 0 radical (unpaired) electrons. The standard InChI is InChI=1S/C21H27ClO2/c1-21(2,17-13-18(23)15-19(24)14-17)20(11-7-4-8-12-22)16-9-5-3-6-10-16/h3,5-6,9-10,13-15,20,23-24H,4,7-8,11-12H2,1-2H3. The van der Waals surface area contributed by atoms with Crippen LogP contribution in [0.3, 0.4) is 0 Å². The molecule has 2 aromatic carbocycles. The summed E-state index contributed by atoms with van der Waals surface area (Å²) in [6, 6.07) is 15.4. The Labute approximate surface area is 150 Å². The highest BCUT2D eigenvalue weighted by Gasteiger charge is 2.32. The van der Waals surface area contributed by atoms with E-state index in [0.717, 1.165) is 31.2 Å². The van der Waals surface area contributed by atoms with E-state index in [2.05, 4.69) is 38.1 Å². The third kappa shape index (κ3) is 4.67. The first-order valence-electron chi connectivity index (χ1n) is 8.59. The number of phenolic OH excluding ortho intramolecular Hbond substituents is 2. The summed E-state index contributed by atoms with van der Waals surface area (Å²) in [5.74, 6) is 1.22. The summed E-state index contributed by atoms with van der Waals surface area (Å²) in [5.41, 5.74) is 2.03. The SMILES string of the molecule is CC(C)(c1cc(O)cc(O)c1)C(CCCCCCl)c1ccccc1. The fourth-order valence-corrected chi connectivity index (χ4v) is 3.61. The molecule has 0 heterocycles. The van der Waals surface area contributed by atoms with Crippen LogP contribution in [0.15, 0.2) is 48.5 Å². The minimum absolute atomic E-state index is 0.104. The molecule has 0 bridgehead atoms. The fraction of sp³-hybridized carbons (Fsp3) is 0.429. The second kappa shape index (κ2) is 8.43. The predicted octanol–water partition coefficient (Wildman–Crippen LogP) is 5.96. The Kier molecular flexibility index (Phi) is 6.56. The van der Waals surface area contributed by atoms with Gasteiger partial charge in [0.25, 0.3) is 0 Å². The minimum atomic E-state index is -0.210. The maximum atomic E-state index is 9.88. The summed E-state index contributed by atoms with van der Waals surface area (Å²) in [7, 11) is 0. The van der Waals surface area contributed by atoms with Gasteiger partial charge < -0.3 is 10.2 Å². The third-order valence-electron chi connectivity index (χ3n) is 4.85. The van der Waals surface area contributed by atoms with E-state index in [4.69, 9.17) is 11.6 Å². The summed E-state index contributed by atoms with van der Waals surface area (Å²) in [6.07, 6.45) is 4.31. The second-order valence-corrected chi connectivity index (χ2v) is 7.34. The van der Waals surface area contributed by atoms with Crippen molar-refractivity contribution in [2.75, 3.05) is 5.88 Å². The van der Waals surface area contributed by atoms with Gasteiger partial charge in [-0.05, 0) is 47.4 Å². The molecule has 0 saturated carbocycles. The summed E-state index contributed by atoms with van der Waals surface area (Å²) in [4.78, 5) is 0. The van der Waals surface area contributed by atoms with Crippen molar-refractivity contribution in [1.82, 2.24) is 0 Å². The Hall–Kier alpha value is -1.67. The van der Waals surface area contributed by atoms with Crippen LogP contribution in [0.1, 0.15) is 56.6 Å². The van der Waals surface area contributed by atoms with Crippen LogP contribution in [-0.4, -0.2) is 16.1 Å². The maximum absolute atomic E-state index is 9.88. The lowest BCUT2D eigenvalue weighted by molar-refractivity contribution is 0.372. The van der Waals surface area contributed by atoms with Gasteiger partial charge in [0.05, 0.1) is 0 Å². The zero-order valence-electron chi connectivity index (χ0n) is 14.5. The number of alkyl halides is 1. The molecule has 1 unspecified atom stereocenters. The van der Waals surface area contributed by atoms with Crippen molar-refractivity contribution < 1.29 is 10.2 Å². The van der Waals surface area contributed by atoms with Gasteiger partial charge in [0.1, 0.15) is 11.5 Å². The number of benzene rings is 2.